The number of rotatable bonds is 1. The van der Waals surface area contributed by atoms with E-state index >= 15 is 0 Å². The van der Waals surface area contributed by atoms with Gasteiger partial charge in [0, 0.05) is 20.0 Å². The van der Waals surface area contributed by atoms with Gasteiger partial charge in [-0.05, 0) is 14.0 Å². The van der Waals surface area contributed by atoms with Crippen molar-refractivity contribution in [1.29, 1.82) is 0 Å². The van der Waals surface area contributed by atoms with Gasteiger partial charge in [0.1, 0.15) is 0 Å². The number of likely N-dealkylation sites (N-methyl/N-ethyl adjacent to an activating group) is 1. The van der Waals surface area contributed by atoms with Crippen molar-refractivity contribution in [3.8, 4) is 0 Å². The third-order valence-electron chi connectivity index (χ3n) is 1.72. The summed E-state index contributed by atoms with van der Waals surface area (Å²) in [6, 6.07) is 0. The van der Waals surface area contributed by atoms with E-state index in [0.717, 1.165) is 13.1 Å². The molecular weight excluding hydrogens is 128 g/mol. The summed E-state index contributed by atoms with van der Waals surface area (Å²) in [6.07, 6.45) is 0. The fraction of sp³-hybridized carbons (Fsp3) is 0.857. The van der Waals surface area contributed by atoms with Crippen molar-refractivity contribution in [2.24, 2.45) is 0 Å². The number of amides is 1. The molecule has 0 aromatic rings. The van der Waals surface area contributed by atoms with Gasteiger partial charge in [0.2, 0.25) is 5.91 Å². The van der Waals surface area contributed by atoms with Crippen molar-refractivity contribution in [2.75, 3.05) is 20.1 Å². The van der Waals surface area contributed by atoms with Crippen LogP contribution in [0.25, 0.3) is 0 Å². The molecule has 0 radical (unpaired) electrons. The first-order valence-corrected chi connectivity index (χ1v) is 3.49. The number of carbonyl (C=O) groups is 1. The van der Waals surface area contributed by atoms with E-state index in [1.165, 1.54) is 0 Å². The Hall–Kier alpha value is -0.570. The normalized spacial score (nSPS) is 23.5. The SMILES string of the molecule is CC(=O)NC1(C)CN(C)C1. The molecule has 1 rings (SSSR count). The fourth-order valence-corrected chi connectivity index (χ4v) is 1.65. The van der Waals surface area contributed by atoms with Crippen LogP contribution in [-0.4, -0.2) is 36.5 Å². The lowest BCUT2D eigenvalue weighted by Crippen LogP contribution is -2.66. The Morgan fingerprint density at radius 3 is 2.40 bits per heavy atom. The summed E-state index contributed by atoms with van der Waals surface area (Å²) >= 11 is 0. The lowest BCUT2D eigenvalue weighted by Gasteiger charge is -2.46. The van der Waals surface area contributed by atoms with Crippen molar-refractivity contribution < 1.29 is 4.79 Å². The molecule has 0 aromatic carbocycles. The summed E-state index contributed by atoms with van der Waals surface area (Å²) < 4.78 is 0. The van der Waals surface area contributed by atoms with Gasteiger partial charge in [-0.1, -0.05) is 0 Å². The molecule has 3 nitrogen and oxygen atoms in total. The molecule has 0 unspecified atom stereocenters. The van der Waals surface area contributed by atoms with Gasteiger partial charge in [0.05, 0.1) is 5.54 Å². The average Bonchev–Trinajstić information content (AvgIpc) is 1.57. The number of likely N-dealkylation sites (tertiary alicyclic amines) is 1. The number of carbonyl (C=O) groups excluding carboxylic acids is 1. The van der Waals surface area contributed by atoms with Crippen LogP contribution in [-0.2, 0) is 4.79 Å². The lowest BCUT2D eigenvalue weighted by molar-refractivity contribution is -0.122. The number of hydrogen-bond donors (Lipinski definition) is 1. The second kappa shape index (κ2) is 2.23. The van der Waals surface area contributed by atoms with Crippen molar-refractivity contribution in [3.05, 3.63) is 0 Å². The highest BCUT2D eigenvalue weighted by Crippen LogP contribution is 2.17. The van der Waals surface area contributed by atoms with E-state index < -0.39 is 0 Å². The molecule has 0 saturated carbocycles. The van der Waals surface area contributed by atoms with Gasteiger partial charge in [-0.15, -0.1) is 0 Å². The second-order valence-corrected chi connectivity index (χ2v) is 3.41. The molecule has 1 aliphatic rings. The molecule has 3 heteroatoms. The number of hydrogen-bond acceptors (Lipinski definition) is 2. The average molecular weight is 142 g/mol. The second-order valence-electron chi connectivity index (χ2n) is 3.41. The summed E-state index contributed by atoms with van der Waals surface area (Å²) in [5, 5.41) is 2.91. The zero-order valence-corrected chi connectivity index (χ0v) is 6.77. The van der Waals surface area contributed by atoms with E-state index in [0.29, 0.717) is 0 Å². The molecule has 0 bridgehead atoms. The van der Waals surface area contributed by atoms with Gasteiger partial charge in [0.15, 0.2) is 0 Å². The zero-order chi connectivity index (χ0) is 7.78. The van der Waals surface area contributed by atoms with Gasteiger partial charge < -0.3 is 10.2 Å². The van der Waals surface area contributed by atoms with Gasteiger partial charge >= 0.3 is 0 Å². The van der Waals surface area contributed by atoms with Crippen molar-refractivity contribution in [3.63, 3.8) is 0 Å². The molecular formula is C7H14N2O. The van der Waals surface area contributed by atoms with Crippen LogP contribution in [0.15, 0.2) is 0 Å². The van der Waals surface area contributed by atoms with Gasteiger partial charge in [-0.2, -0.15) is 0 Å². The molecule has 1 N–H and O–H groups in total. The summed E-state index contributed by atoms with van der Waals surface area (Å²) in [4.78, 5) is 12.8. The Morgan fingerprint density at radius 2 is 2.10 bits per heavy atom. The minimum absolute atomic E-state index is 0.0422. The van der Waals surface area contributed by atoms with Crippen LogP contribution < -0.4 is 5.32 Å². The third kappa shape index (κ3) is 1.48. The van der Waals surface area contributed by atoms with Gasteiger partial charge in [0.25, 0.3) is 0 Å². The predicted molar refractivity (Wildman–Crippen MR) is 39.7 cm³/mol. The molecule has 1 aliphatic heterocycles. The van der Waals surface area contributed by atoms with Crippen LogP contribution in [0, 0.1) is 0 Å². The molecule has 0 spiro atoms. The molecule has 10 heavy (non-hydrogen) atoms. The van der Waals surface area contributed by atoms with Crippen LogP contribution in [0.5, 0.6) is 0 Å². The number of nitrogens with zero attached hydrogens (tertiary/aromatic N) is 1. The van der Waals surface area contributed by atoms with E-state index in [4.69, 9.17) is 0 Å². The first kappa shape index (κ1) is 7.54. The molecule has 0 aromatic heterocycles. The smallest absolute Gasteiger partial charge is 0.217 e. The summed E-state index contributed by atoms with van der Waals surface area (Å²) in [5.41, 5.74) is 0.0422. The Balaban J connectivity index is 2.34. The largest absolute Gasteiger partial charge is 0.349 e. The minimum Gasteiger partial charge on any atom is -0.349 e. The highest BCUT2D eigenvalue weighted by molar-refractivity contribution is 5.74. The van der Waals surface area contributed by atoms with Crippen LogP contribution >= 0.6 is 0 Å². The maximum Gasteiger partial charge on any atom is 0.217 e. The third-order valence-corrected chi connectivity index (χ3v) is 1.72. The Labute approximate surface area is 61.4 Å². The number of nitrogens with one attached hydrogen (secondary N) is 1. The molecule has 1 heterocycles. The Kier molecular flexibility index (Phi) is 1.68. The predicted octanol–water partition coefficient (Wildman–Crippen LogP) is -0.173. The van der Waals surface area contributed by atoms with Crippen molar-refractivity contribution in [2.45, 2.75) is 19.4 Å². The topological polar surface area (TPSA) is 32.3 Å². The van der Waals surface area contributed by atoms with E-state index in [-0.39, 0.29) is 11.4 Å². The lowest BCUT2D eigenvalue weighted by atomic mass is 9.93. The maximum atomic E-state index is 10.6. The zero-order valence-electron chi connectivity index (χ0n) is 6.77. The van der Waals surface area contributed by atoms with Crippen LogP contribution in [0.2, 0.25) is 0 Å². The van der Waals surface area contributed by atoms with Gasteiger partial charge in [-0.25, -0.2) is 0 Å². The monoisotopic (exact) mass is 142 g/mol. The van der Waals surface area contributed by atoms with Crippen molar-refractivity contribution >= 4 is 5.91 Å². The summed E-state index contributed by atoms with van der Waals surface area (Å²) in [5.74, 6) is 0.0654. The highest BCUT2D eigenvalue weighted by Gasteiger charge is 2.36. The molecule has 0 aliphatic carbocycles. The molecule has 0 atom stereocenters. The van der Waals surface area contributed by atoms with Crippen LogP contribution in [0.1, 0.15) is 13.8 Å². The fourth-order valence-electron chi connectivity index (χ4n) is 1.65. The Morgan fingerprint density at radius 1 is 1.60 bits per heavy atom. The first-order chi connectivity index (χ1) is 4.52. The Bertz CT molecular complexity index is 150. The quantitative estimate of drug-likeness (QED) is 0.551. The van der Waals surface area contributed by atoms with Crippen LogP contribution in [0.3, 0.4) is 0 Å². The van der Waals surface area contributed by atoms with E-state index in [2.05, 4.69) is 17.1 Å². The van der Waals surface area contributed by atoms with E-state index in [1.807, 2.05) is 7.05 Å². The molecule has 58 valence electrons. The minimum atomic E-state index is 0.0422. The van der Waals surface area contributed by atoms with E-state index in [9.17, 15) is 4.79 Å². The first-order valence-electron chi connectivity index (χ1n) is 3.49. The van der Waals surface area contributed by atoms with E-state index in [1.54, 1.807) is 6.92 Å². The maximum absolute atomic E-state index is 10.6. The molecule has 1 amide bonds. The van der Waals surface area contributed by atoms with Crippen molar-refractivity contribution in [1.82, 2.24) is 10.2 Å². The summed E-state index contributed by atoms with van der Waals surface area (Å²) in [6.45, 7) is 5.55. The van der Waals surface area contributed by atoms with Crippen LogP contribution in [0.4, 0.5) is 0 Å². The van der Waals surface area contributed by atoms with Gasteiger partial charge in [-0.3, -0.25) is 4.79 Å². The molecule has 1 saturated heterocycles. The highest BCUT2D eigenvalue weighted by atomic mass is 16.1. The molecule has 1 fully saturated rings. The standard InChI is InChI=1S/C7H14N2O/c1-6(10)8-7(2)4-9(3)5-7/h4-5H2,1-3H3,(H,8,10). The summed E-state index contributed by atoms with van der Waals surface area (Å²) in [7, 11) is 2.05.